The summed E-state index contributed by atoms with van der Waals surface area (Å²) in [6.07, 6.45) is 1.53. The first-order chi connectivity index (χ1) is 11.5. The molecule has 3 aromatic heterocycles. The molecule has 0 aromatic carbocycles. The number of aromatic amines is 1. The van der Waals surface area contributed by atoms with E-state index in [1.807, 2.05) is 18.4 Å². The summed E-state index contributed by atoms with van der Waals surface area (Å²) in [5.41, 5.74) is 2.09. The number of hydrogen-bond donors (Lipinski definition) is 1. The molecule has 1 N–H and O–H groups in total. The average molecular weight is 343 g/mol. The number of nitrogens with one attached hydrogen (secondary N) is 1. The van der Waals surface area contributed by atoms with Crippen molar-refractivity contribution in [3.63, 3.8) is 0 Å². The van der Waals surface area contributed by atoms with Gasteiger partial charge in [0.2, 0.25) is 0 Å². The number of carbonyl (C=O) groups excluding carboxylic acids is 1. The quantitative estimate of drug-likeness (QED) is 0.784. The van der Waals surface area contributed by atoms with E-state index in [1.165, 1.54) is 22.5 Å². The molecule has 7 nitrogen and oxygen atoms in total. The van der Waals surface area contributed by atoms with Crippen molar-refractivity contribution in [2.24, 2.45) is 0 Å². The van der Waals surface area contributed by atoms with Crippen molar-refractivity contribution in [2.75, 3.05) is 7.05 Å². The molecule has 0 unspecified atom stereocenters. The van der Waals surface area contributed by atoms with E-state index in [-0.39, 0.29) is 11.5 Å². The standard InChI is InChI=1S/C16H17N5O2S/c1-10-6-7-24-13(10)9-20(3)16(23)12-8-17-21(11(12)2)14-4-5-15(22)19-18-14/h4-8H,9H2,1-3H3,(H,19,22). The van der Waals surface area contributed by atoms with Gasteiger partial charge in [-0.15, -0.1) is 11.3 Å². The number of thiophene rings is 1. The van der Waals surface area contributed by atoms with Crippen LogP contribution in [0.1, 0.15) is 26.5 Å². The molecule has 0 bridgehead atoms. The molecule has 0 aliphatic heterocycles. The van der Waals surface area contributed by atoms with E-state index in [1.54, 1.807) is 36.3 Å². The van der Waals surface area contributed by atoms with Crippen LogP contribution in [-0.2, 0) is 6.54 Å². The summed E-state index contributed by atoms with van der Waals surface area (Å²) in [4.78, 5) is 26.7. The summed E-state index contributed by atoms with van der Waals surface area (Å²) in [5.74, 6) is 0.360. The summed E-state index contributed by atoms with van der Waals surface area (Å²) in [6.45, 7) is 4.40. The van der Waals surface area contributed by atoms with E-state index in [9.17, 15) is 9.59 Å². The zero-order valence-corrected chi connectivity index (χ0v) is 14.4. The number of amides is 1. The van der Waals surface area contributed by atoms with Crippen LogP contribution < -0.4 is 5.56 Å². The van der Waals surface area contributed by atoms with Gasteiger partial charge >= 0.3 is 0 Å². The Morgan fingerprint density at radius 2 is 2.12 bits per heavy atom. The third kappa shape index (κ3) is 3.00. The number of aromatic nitrogens is 4. The molecule has 124 valence electrons. The summed E-state index contributed by atoms with van der Waals surface area (Å²) in [6, 6.07) is 4.98. The number of hydrogen-bond acceptors (Lipinski definition) is 5. The monoisotopic (exact) mass is 343 g/mol. The predicted octanol–water partition coefficient (Wildman–Crippen LogP) is 1.91. The summed E-state index contributed by atoms with van der Waals surface area (Å²) < 4.78 is 1.54. The smallest absolute Gasteiger partial charge is 0.264 e. The number of H-pyrrole nitrogens is 1. The van der Waals surface area contributed by atoms with Crippen LogP contribution in [0.2, 0.25) is 0 Å². The molecular formula is C16H17N5O2S. The Labute approximate surface area is 142 Å². The number of rotatable bonds is 4. The minimum Gasteiger partial charge on any atom is -0.336 e. The second-order valence-electron chi connectivity index (χ2n) is 5.52. The van der Waals surface area contributed by atoms with Gasteiger partial charge in [0.1, 0.15) is 0 Å². The van der Waals surface area contributed by atoms with Crippen LogP contribution in [0.15, 0.2) is 34.6 Å². The van der Waals surface area contributed by atoms with Gasteiger partial charge in [-0.3, -0.25) is 9.59 Å². The molecule has 0 saturated heterocycles. The van der Waals surface area contributed by atoms with Gasteiger partial charge < -0.3 is 4.90 Å². The van der Waals surface area contributed by atoms with Gasteiger partial charge in [0.25, 0.3) is 11.5 Å². The molecule has 0 radical (unpaired) electrons. The zero-order chi connectivity index (χ0) is 17.3. The lowest BCUT2D eigenvalue weighted by Crippen LogP contribution is -2.26. The zero-order valence-electron chi connectivity index (χ0n) is 13.6. The van der Waals surface area contributed by atoms with Gasteiger partial charge in [0, 0.05) is 18.0 Å². The molecular weight excluding hydrogens is 326 g/mol. The van der Waals surface area contributed by atoms with Crippen molar-refractivity contribution < 1.29 is 4.79 Å². The third-order valence-electron chi connectivity index (χ3n) is 3.82. The highest BCUT2D eigenvalue weighted by Gasteiger charge is 2.20. The van der Waals surface area contributed by atoms with Gasteiger partial charge in [0.05, 0.1) is 24.0 Å². The Morgan fingerprint density at radius 1 is 1.33 bits per heavy atom. The molecule has 24 heavy (non-hydrogen) atoms. The van der Waals surface area contributed by atoms with Crippen LogP contribution in [-0.4, -0.2) is 37.8 Å². The fourth-order valence-electron chi connectivity index (χ4n) is 2.36. The maximum absolute atomic E-state index is 12.7. The first-order valence-corrected chi connectivity index (χ1v) is 8.24. The summed E-state index contributed by atoms with van der Waals surface area (Å²) >= 11 is 1.64. The predicted molar refractivity (Wildman–Crippen MR) is 91.6 cm³/mol. The second-order valence-corrected chi connectivity index (χ2v) is 6.52. The van der Waals surface area contributed by atoms with Crippen molar-refractivity contribution in [1.82, 2.24) is 24.9 Å². The van der Waals surface area contributed by atoms with E-state index in [4.69, 9.17) is 0 Å². The molecule has 0 atom stereocenters. The fraction of sp³-hybridized carbons (Fsp3) is 0.250. The lowest BCUT2D eigenvalue weighted by Gasteiger charge is -2.16. The first-order valence-electron chi connectivity index (χ1n) is 7.36. The minimum absolute atomic E-state index is 0.101. The maximum Gasteiger partial charge on any atom is 0.264 e. The summed E-state index contributed by atoms with van der Waals surface area (Å²) in [7, 11) is 1.77. The molecule has 0 spiro atoms. The average Bonchev–Trinajstić information content (AvgIpc) is 3.14. The highest BCUT2D eigenvalue weighted by molar-refractivity contribution is 7.10. The van der Waals surface area contributed by atoms with Crippen LogP contribution in [0.3, 0.4) is 0 Å². The first kappa shape index (κ1) is 16.1. The Hall–Kier alpha value is -2.74. The lowest BCUT2D eigenvalue weighted by molar-refractivity contribution is 0.0785. The molecule has 1 amide bonds. The Bertz CT molecular complexity index is 920. The Kier molecular flexibility index (Phi) is 4.30. The molecule has 8 heteroatoms. The normalized spacial score (nSPS) is 10.8. The maximum atomic E-state index is 12.7. The van der Waals surface area contributed by atoms with Crippen LogP contribution in [0.4, 0.5) is 0 Å². The van der Waals surface area contributed by atoms with Gasteiger partial charge in [-0.05, 0) is 36.9 Å². The van der Waals surface area contributed by atoms with Crippen molar-refractivity contribution >= 4 is 17.2 Å². The van der Waals surface area contributed by atoms with E-state index in [2.05, 4.69) is 15.3 Å². The molecule has 0 aliphatic rings. The summed E-state index contributed by atoms with van der Waals surface area (Å²) in [5, 5.41) is 12.5. The second kappa shape index (κ2) is 6.40. The lowest BCUT2D eigenvalue weighted by atomic mass is 10.2. The van der Waals surface area contributed by atoms with Crippen molar-refractivity contribution in [1.29, 1.82) is 0 Å². The van der Waals surface area contributed by atoms with E-state index in [0.29, 0.717) is 23.6 Å². The number of nitrogens with zero attached hydrogens (tertiary/aromatic N) is 4. The largest absolute Gasteiger partial charge is 0.336 e. The van der Waals surface area contributed by atoms with Gasteiger partial charge in [-0.2, -0.15) is 10.2 Å². The molecule has 0 saturated carbocycles. The molecule has 3 aromatic rings. The number of carbonyl (C=O) groups is 1. The van der Waals surface area contributed by atoms with E-state index < -0.39 is 0 Å². The van der Waals surface area contributed by atoms with Gasteiger partial charge in [-0.25, -0.2) is 9.78 Å². The van der Waals surface area contributed by atoms with E-state index >= 15 is 0 Å². The van der Waals surface area contributed by atoms with Gasteiger partial charge in [-0.1, -0.05) is 0 Å². The van der Waals surface area contributed by atoms with Crippen molar-refractivity contribution in [3.05, 3.63) is 61.8 Å². The van der Waals surface area contributed by atoms with Crippen molar-refractivity contribution in [2.45, 2.75) is 20.4 Å². The van der Waals surface area contributed by atoms with Crippen LogP contribution in [0.25, 0.3) is 5.82 Å². The van der Waals surface area contributed by atoms with E-state index in [0.717, 1.165) is 4.88 Å². The van der Waals surface area contributed by atoms with Gasteiger partial charge in [0.15, 0.2) is 5.82 Å². The highest BCUT2D eigenvalue weighted by Crippen LogP contribution is 2.19. The van der Waals surface area contributed by atoms with Crippen molar-refractivity contribution in [3.8, 4) is 5.82 Å². The Balaban J connectivity index is 1.84. The Morgan fingerprint density at radius 3 is 2.75 bits per heavy atom. The number of aryl methyl sites for hydroxylation is 1. The highest BCUT2D eigenvalue weighted by atomic mass is 32.1. The third-order valence-corrected chi connectivity index (χ3v) is 4.83. The molecule has 0 aliphatic carbocycles. The van der Waals surface area contributed by atoms with Crippen LogP contribution in [0, 0.1) is 13.8 Å². The topological polar surface area (TPSA) is 83.9 Å². The SMILES string of the molecule is Cc1ccsc1CN(C)C(=O)c1cnn(-c2ccc(=O)[nH]n2)c1C. The van der Waals surface area contributed by atoms with Crippen LogP contribution >= 0.6 is 11.3 Å². The van der Waals surface area contributed by atoms with Crippen LogP contribution in [0.5, 0.6) is 0 Å². The fourth-order valence-corrected chi connectivity index (χ4v) is 3.32. The molecule has 3 heterocycles. The molecule has 0 fully saturated rings. The minimum atomic E-state index is -0.286. The molecule has 3 rings (SSSR count).